The third kappa shape index (κ3) is 3.95. The first-order valence-electron chi connectivity index (χ1n) is 5.45. The molecule has 0 radical (unpaired) electrons. The number of carbonyl (C=O) groups is 1. The summed E-state index contributed by atoms with van der Waals surface area (Å²) >= 11 is 0. The van der Waals surface area contributed by atoms with Gasteiger partial charge in [-0.25, -0.2) is 9.79 Å². The molecule has 19 heavy (non-hydrogen) atoms. The van der Waals surface area contributed by atoms with Gasteiger partial charge in [-0.05, 0) is 24.6 Å². The summed E-state index contributed by atoms with van der Waals surface area (Å²) in [4.78, 5) is 25.5. The van der Waals surface area contributed by atoms with Crippen LogP contribution in [-0.4, -0.2) is 23.5 Å². The number of nitrogens with two attached hydrogens (primary N) is 2. The van der Waals surface area contributed by atoms with E-state index in [1.165, 1.54) is 24.3 Å². The third-order valence-electron chi connectivity index (χ3n) is 2.21. The average molecular weight is 266 g/mol. The Hall–Kier alpha value is -2.64. The Balaban J connectivity index is 3.07. The molecule has 0 heterocycles. The van der Waals surface area contributed by atoms with E-state index < -0.39 is 16.9 Å². The van der Waals surface area contributed by atoms with Crippen LogP contribution < -0.4 is 11.5 Å². The molecule has 0 fully saturated rings. The Morgan fingerprint density at radius 2 is 2.00 bits per heavy atom. The van der Waals surface area contributed by atoms with Crippen LogP contribution in [0.1, 0.15) is 18.5 Å². The molecule has 0 saturated heterocycles. The van der Waals surface area contributed by atoms with Crippen molar-refractivity contribution in [1.29, 1.82) is 0 Å². The standard InChI is InChI=1S/C11H14N4O4/c1-2-19-10(16)9(14-11(12)13)7-3-5-8(6-4-7)15(17)18/h3-6,9H,2H2,1H3,(H4,12,13,14). The van der Waals surface area contributed by atoms with E-state index in [2.05, 4.69) is 4.99 Å². The highest BCUT2D eigenvalue weighted by Gasteiger charge is 2.22. The van der Waals surface area contributed by atoms with Gasteiger partial charge >= 0.3 is 5.97 Å². The van der Waals surface area contributed by atoms with E-state index in [0.717, 1.165) is 0 Å². The number of non-ortho nitro benzene ring substituents is 1. The smallest absolute Gasteiger partial charge is 0.335 e. The first-order valence-corrected chi connectivity index (χ1v) is 5.45. The molecular weight excluding hydrogens is 252 g/mol. The summed E-state index contributed by atoms with van der Waals surface area (Å²) in [6, 6.07) is 4.33. The predicted molar refractivity (Wildman–Crippen MR) is 68.3 cm³/mol. The second kappa shape index (κ2) is 6.34. The van der Waals surface area contributed by atoms with E-state index in [1.807, 2.05) is 0 Å². The molecule has 1 aromatic carbocycles. The summed E-state index contributed by atoms with van der Waals surface area (Å²) in [6.07, 6.45) is 0. The highest BCUT2D eigenvalue weighted by atomic mass is 16.6. The van der Waals surface area contributed by atoms with E-state index in [4.69, 9.17) is 16.2 Å². The van der Waals surface area contributed by atoms with E-state index in [1.54, 1.807) is 6.92 Å². The van der Waals surface area contributed by atoms with Gasteiger partial charge in [0.15, 0.2) is 12.0 Å². The number of aliphatic imine (C=N–C) groups is 1. The summed E-state index contributed by atoms with van der Waals surface area (Å²) in [7, 11) is 0. The quantitative estimate of drug-likeness (QED) is 0.261. The second-order valence-electron chi connectivity index (χ2n) is 3.56. The Bertz CT molecular complexity index is 494. The van der Waals surface area contributed by atoms with E-state index in [0.29, 0.717) is 5.56 Å². The minimum atomic E-state index is -1.02. The highest BCUT2D eigenvalue weighted by molar-refractivity contribution is 5.83. The molecule has 0 spiro atoms. The number of nitro benzene ring substituents is 1. The molecule has 1 unspecified atom stereocenters. The number of rotatable bonds is 5. The summed E-state index contributed by atoms with van der Waals surface area (Å²) in [5.74, 6) is -0.888. The zero-order valence-electron chi connectivity index (χ0n) is 10.3. The first kappa shape index (κ1) is 14.4. The summed E-state index contributed by atoms with van der Waals surface area (Å²) < 4.78 is 4.85. The molecule has 0 aliphatic rings. The number of ether oxygens (including phenoxy) is 1. The molecule has 0 aliphatic carbocycles. The SMILES string of the molecule is CCOC(=O)C(N=C(N)N)c1ccc([N+](=O)[O-])cc1. The lowest BCUT2D eigenvalue weighted by Crippen LogP contribution is -2.26. The predicted octanol–water partition coefficient (Wildman–Crippen LogP) is 0.472. The maximum Gasteiger partial charge on any atom is 0.335 e. The normalized spacial score (nSPS) is 11.4. The highest BCUT2D eigenvalue weighted by Crippen LogP contribution is 2.22. The Morgan fingerprint density at radius 1 is 1.42 bits per heavy atom. The van der Waals surface area contributed by atoms with Crippen molar-refractivity contribution in [3.63, 3.8) is 0 Å². The van der Waals surface area contributed by atoms with Gasteiger partial charge in [-0.1, -0.05) is 0 Å². The third-order valence-corrected chi connectivity index (χ3v) is 2.21. The lowest BCUT2D eigenvalue weighted by atomic mass is 10.1. The van der Waals surface area contributed by atoms with Crippen LogP contribution in [0.5, 0.6) is 0 Å². The van der Waals surface area contributed by atoms with Crippen molar-refractivity contribution >= 4 is 17.6 Å². The number of carbonyl (C=O) groups excluding carboxylic acids is 1. The van der Waals surface area contributed by atoms with Gasteiger partial charge in [0.05, 0.1) is 11.5 Å². The minimum Gasteiger partial charge on any atom is -0.464 e. The van der Waals surface area contributed by atoms with Crippen molar-refractivity contribution in [3.8, 4) is 0 Å². The molecule has 0 aromatic heterocycles. The Labute approximate surface area is 109 Å². The fourth-order valence-corrected chi connectivity index (χ4v) is 1.41. The van der Waals surface area contributed by atoms with Crippen LogP contribution in [-0.2, 0) is 9.53 Å². The summed E-state index contributed by atoms with van der Waals surface area (Å²) in [5.41, 5.74) is 10.8. The van der Waals surface area contributed by atoms with Crippen molar-refractivity contribution in [1.82, 2.24) is 0 Å². The topological polar surface area (TPSA) is 134 Å². The van der Waals surface area contributed by atoms with Crippen molar-refractivity contribution in [2.24, 2.45) is 16.5 Å². The number of hydrogen-bond donors (Lipinski definition) is 2. The van der Waals surface area contributed by atoms with Crippen LogP contribution in [0.3, 0.4) is 0 Å². The maximum absolute atomic E-state index is 11.7. The van der Waals surface area contributed by atoms with Gasteiger partial charge in [-0.15, -0.1) is 0 Å². The van der Waals surface area contributed by atoms with E-state index >= 15 is 0 Å². The molecule has 1 rings (SSSR count). The van der Waals surface area contributed by atoms with Crippen LogP contribution in [0.2, 0.25) is 0 Å². The zero-order chi connectivity index (χ0) is 14.4. The van der Waals surface area contributed by atoms with Gasteiger partial charge < -0.3 is 16.2 Å². The van der Waals surface area contributed by atoms with E-state index in [9.17, 15) is 14.9 Å². The van der Waals surface area contributed by atoms with Crippen LogP contribution in [0.4, 0.5) is 5.69 Å². The monoisotopic (exact) mass is 266 g/mol. The van der Waals surface area contributed by atoms with Gasteiger partial charge in [0.25, 0.3) is 5.69 Å². The molecule has 0 amide bonds. The number of hydrogen-bond acceptors (Lipinski definition) is 5. The number of esters is 1. The largest absolute Gasteiger partial charge is 0.464 e. The Kier molecular flexibility index (Phi) is 4.81. The van der Waals surface area contributed by atoms with Crippen LogP contribution in [0.15, 0.2) is 29.3 Å². The van der Waals surface area contributed by atoms with E-state index in [-0.39, 0.29) is 18.3 Å². The Morgan fingerprint density at radius 3 is 2.42 bits per heavy atom. The van der Waals surface area contributed by atoms with Gasteiger partial charge in [0.1, 0.15) is 0 Å². The van der Waals surface area contributed by atoms with Gasteiger partial charge in [0.2, 0.25) is 0 Å². The molecule has 102 valence electrons. The molecule has 8 nitrogen and oxygen atoms in total. The lowest BCUT2D eigenvalue weighted by molar-refractivity contribution is -0.384. The fraction of sp³-hybridized carbons (Fsp3) is 0.273. The van der Waals surface area contributed by atoms with Crippen molar-refractivity contribution in [2.75, 3.05) is 6.61 Å². The summed E-state index contributed by atoms with van der Waals surface area (Å²) in [5, 5.41) is 10.5. The van der Waals surface area contributed by atoms with Crippen molar-refractivity contribution in [2.45, 2.75) is 13.0 Å². The maximum atomic E-state index is 11.7. The molecule has 1 aromatic rings. The number of nitro groups is 1. The molecule has 8 heteroatoms. The van der Waals surface area contributed by atoms with Crippen LogP contribution in [0, 0.1) is 10.1 Å². The molecule has 1 atom stereocenters. The van der Waals surface area contributed by atoms with Gasteiger partial charge in [-0.3, -0.25) is 10.1 Å². The van der Waals surface area contributed by atoms with Gasteiger partial charge in [0, 0.05) is 12.1 Å². The molecular formula is C11H14N4O4. The fourth-order valence-electron chi connectivity index (χ4n) is 1.41. The molecule has 0 saturated carbocycles. The van der Waals surface area contributed by atoms with Crippen molar-refractivity contribution < 1.29 is 14.5 Å². The van der Waals surface area contributed by atoms with Crippen LogP contribution in [0.25, 0.3) is 0 Å². The molecule has 0 bridgehead atoms. The zero-order valence-corrected chi connectivity index (χ0v) is 10.3. The lowest BCUT2D eigenvalue weighted by Gasteiger charge is -2.11. The van der Waals surface area contributed by atoms with Crippen molar-refractivity contribution in [3.05, 3.63) is 39.9 Å². The molecule has 0 aliphatic heterocycles. The number of nitrogens with zero attached hydrogens (tertiary/aromatic N) is 2. The average Bonchev–Trinajstić information content (AvgIpc) is 2.36. The van der Waals surface area contributed by atoms with Crippen LogP contribution >= 0.6 is 0 Å². The summed E-state index contributed by atoms with van der Waals surface area (Å²) in [6.45, 7) is 1.84. The number of benzene rings is 1. The first-order chi connectivity index (χ1) is 8.95. The minimum absolute atomic E-state index is 0.0870. The number of guanidine groups is 1. The van der Waals surface area contributed by atoms with Gasteiger partial charge in [-0.2, -0.15) is 0 Å². The molecule has 4 N–H and O–H groups in total. The second-order valence-corrected chi connectivity index (χ2v) is 3.56.